The predicted molar refractivity (Wildman–Crippen MR) is 162 cm³/mol. The largest absolute Gasteiger partial charge is 0.453 e. The summed E-state index contributed by atoms with van der Waals surface area (Å²) in [5.74, 6) is -0.599. The van der Waals surface area contributed by atoms with Gasteiger partial charge in [0.25, 0.3) is 0 Å². The lowest BCUT2D eigenvalue weighted by Crippen LogP contribution is -2.61. The van der Waals surface area contributed by atoms with Crippen molar-refractivity contribution in [2.75, 3.05) is 38.1 Å². The first-order chi connectivity index (χ1) is 21.2. The van der Waals surface area contributed by atoms with Gasteiger partial charge in [-0.2, -0.15) is 0 Å². The maximum absolute atomic E-state index is 15.0. The van der Waals surface area contributed by atoms with Crippen molar-refractivity contribution in [1.29, 1.82) is 0 Å². The molecule has 1 aromatic carbocycles. The van der Waals surface area contributed by atoms with Crippen molar-refractivity contribution in [1.82, 2.24) is 30.4 Å². The van der Waals surface area contributed by atoms with Gasteiger partial charge in [0.1, 0.15) is 12.4 Å². The molecule has 4 N–H and O–H groups in total. The number of aliphatic hydroxyl groups excluding tert-OH is 1. The standard InChI is InChI=1S/C30H30FN7O5S/c1-17(40)38-14-21(15-38)36-30(42)35-19-3-5-25(22(31)8-19)43-26-6-7-32-24-9-27(44-29(24)26)23-4-2-18(10-33-23)11-37-12-20(13-37)34-28(41)16-39/h2-10,20-21,39H,11-16H2,1H3,(H,34,41)(H2,35,36,42). The quantitative estimate of drug-likeness (QED) is 0.224. The zero-order valence-electron chi connectivity index (χ0n) is 23.7. The van der Waals surface area contributed by atoms with Crippen LogP contribution in [-0.4, -0.2) is 87.6 Å². The molecule has 0 unspecified atom stereocenters. The summed E-state index contributed by atoms with van der Waals surface area (Å²) < 4.78 is 21.7. The van der Waals surface area contributed by atoms with Crippen LogP contribution in [0.4, 0.5) is 14.9 Å². The molecule has 12 nitrogen and oxygen atoms in total. The van der Waals surface area contributed by atoms with Gasteiger partial charge in [-0.1, -0.05) is 6.07 Å². The number of urea groups is 1. The van der Waals surface area contributed by atoms with Crippen molar-refractivity contribution < 1.29 is 28.6 Å². The van der Waals surface area contributed by atoms with Crippen LogP contribution >= 0.6 is 11.3 Å². The van der Waals surface area contributed by atoms with Crippen molar-refractivity contribution in [2.45, 2.75) is 25.6 Å². The number of amides is 4. The number of ether oxygens (including phenoxy) is 1. The molecule has 0 spiro atoms. The Morgan fingerprint density at radius 1 is 1.02 bits per heavy atom. The molecule has 228 valence electrons. The number of rotatable bonds is 9. The molecule has 5 heterocycles. The lowest BCUT2D eigenvalue weighted by molar-refractivity contribution is -0.133. The SMILES string of the molecule is CC(=O)N1CC(NC(=O)Nc2ccc(Oc3ccnc4cc(-c5ccc(CN6CC(NC(=O)CO)C6)cn5)sc34)c(F)c2)C1. The summed E-state index contributed by atoms with van der Waals surface area (Å²) in [6, 6.07) is 11.2. The fourth-order valence-corrected chi connectivity index (χ4v) is 6.11. The van der Waals surface area contributed by atoms with Gasteiger partial charge in [-0.15, -0.1) is 11.3 Å². The van der Waals surface area contributed by atoms with Crippen molar-refractivity contribution in [3.05, 3.63) is 66.2 Å². The summed E-state index contributed by atoms with van der Waals surface area (Å²) in [4.78, 5) is 48.6. The molecule has 4 amide bonds. The minimum absolute atomic E-state index is 0.00105. The Labute approximate surface area is 255 Å². The monoisotopic (exact) mass is 619 g/mol. The second-order valence-corrected chi connectivity index (χ2v) is 11.8. The average Bonchev–Trinajstić information content (AvgIpc) is 3.40. The van der Waals surface area contributed by atoms with Crippen LogP contribution in [0.2, 0.25) is 0 Å². The Balaban J connectivity index is 1.07. The number of hydrogen-bond acceptors (Lipinski definition) is 9. The molecule has 2 fully saturated rings. The zero-order chi connectivity index (χ0) is 30.8. The molecule has 2 aliphatic rings. The smallest absolute Gasteiger partial charge is 0.319 e. The highest BCUT2D eigenvalue weighted by molar-refractivity contribution is 7.22. The number of nitrogens with one attached hydrogen (secondary N) is 3. The number of nitrogens with zero attached hydrogens (tertiary/aromatic N) is 4. The lowest BCUT2D eigenvalue weighted by atomic mass is 10.1. The van der Waals surface area contributed by atoms with E-state index in [-0.39, 0.29) is 35.3 Å². The maximum atomic E-state index is 15.0. The van der Waals surface area contributed by atoms with Gasteiger partial charge in [0.15, 0.2) is 11.6 Å². The first-order valence-corrected chi connectivity index (χ1v) is 14.8. The van der Waals surface area contributed by atoms with E-state index < -0.39 is 18.5 Å². The van der Waals surface area contributed by atoms with Crippen LogP contribution in [-0.2, 0) is 16.1 Å². The molecule has 0 aliphatic carbocycles. The first-order valence-electron chi connectivity index (χ1n) is 14.0. The van der Waals surface area contributed by atoms with Crippen LogP contribution in [0.5, 0.6) is 11.5 Å². The number of aromatic nitrogens is 2. The van der Waals surface area contributed by atoms with E-state index in [2.05, 4.69) is 30.8 Å². The number of pyridine rings is 2. The Bertz CT molecular complexity index is 1700. The molecular weight excluding hydrogens is 589 g/mol. The summed E-state index contributed by atoms with van der Waals surface area (Å²) >= 11 is 1.44. The molecule has 6 rings (SSSR count). The van der Waals surface area contributed by atoms with E-state index in [1.165, 1.54) is 30.4 Å². The van der Waals surface area contributed by atoms with E-state index in [9.17, 15) is 18.8 Å². The summed E-state index contributed by atoms with van der Waals surface area (Å²) in [7, 11) is 0. The third-order valence-corrected chi connectivity index (χ3v) is 8.56. The number of fused-ring (bicyclic) bond motifs is 1. The number of hydrogen-bond donors (Lipinski definition) is 4. The summed E-state index contributed by atoms with van der Waals surface area (Å²) in [5, 5.41) is 17.0. The van der Waals surface area contributed by atoms with Gasteiger partial charge in [0.2, 0.25) is 11.8 Å². The minimum atomic E-state index is -0.641. The first kappa shape index (κ1) is 29.4. The molecule has 2 aliphatic heterocycles. The van der Waals surface area contributed by atoms with Crippen molar-refractivity contribution in [2.24, 2.45) is 0 Å². The molecule has 2 saturated heterocycles. The third kappa shape index (κ3) is 6.61. The van der Waals surface area contributed by atoms with E-state index in [0.717, 1.165) is 33.9 Å². The Kier molecular flexibility index (Phi) is 8.37. The summed E-state index contributed by atoms with van der Waals surface area (Å²) in [5.41, 5.74) is 2.78. The van der Waals surface area contributed by atoms with Crippen LogP contribution in [0.15, 0.2) is 54.9 Å². The van der Waals surface area contributed by atoms with Crippen molar-refractivity contribution in [3.8, 4) is 22.1 Å². The van der Waals surface area contributed by atoms with Crippen LogP contribution < -0.4 is 20.7 Å². The number of carbonyl (C=O) groups excluding carboxylic acids is 3. The number of aliphatic hydroxyl groups is 1. The number of benzene rings is 1. The normalized spacial score (nSPS) is 15.4. The van der Waals surface area contributed by atoms with E-state index in [1.807, 2.05) is 24.4 Å². The van der Waals surface area contributed by atoms with Gasteiger partial charge >= 0.3 is 6.03 Å². The second kappa shape index (κ2) is 12.5. The summed E-state index contributed by atoms with van der Waals surface area (Å²) in [6.45, 7) is 4.01. The van der Waals surface area contributed by atoms with E-state index in [4.69, 9.17) is 9.84 Å². The fourth-order valence-electron chi connectivity index (χ4n) is 5.07. The van der Waals surface area contributed by atoms with Crippen molar-refractivity contribution in [3.63, 3.8) is 0 Å². The molecule has 3 aromatic heterocycles. The number of halogens is 1. The Hall–Kier alpha value is -4.66. The highest BCUT2D eigenvalue weighted by atomic mass is 32.1. The third-order valence-electron chi connectivity index (χ3n) is 7.40. The number of thiophene rings is 1. The van der Waals surface area contributed by atoms with Crippen LogP contribution in [0, 0.1) is 5.82 Å². The Morgan fingerprint density at radius 2 is 1.82 bits per heavy atom. The molecule has 44 heavy (non-hydrogen) atoms. The van der Waals surface area contributed by atoms with Crippen LogP contribution in [0.25, 0.3) is 20.8 Å². The molecule has 4 aromatic rings. The topological polar surface area (TPSA) is 149 Å². The molecule has 0 bridgehead atoms. The minimum Gasteiger partial charge on any atom is -0.453 e. The van der Waals surface area contributed by atoms with E-state index >= 15 is 0 Å². The zero-order valence-corrected chi connectivity index (χ0v) is 24.6. The predicted octanol–water partition coefficient (Wildman–Crippen LogP) is 2.93. The molecule has 14 heteroatoms. The molecular formula is C30H30FN7O5S. The van der Waals surface area contributed by atoms with Crippen LogP contribution in [0.3, 0.4) is 0 Å². The van der Waals surface area contributed by atoms with Crippen molar-refractivity contribution >= 4 is 45.1 Å². The molecule has 0 saturated carbocycles. The molecule has 0 atom stereocenters. The number of carbonyl (C=O) groups is 3. The highest BCUT2D eigenvalue weighted by Gasteiger charge is 2.30. The molecule has 0 radical (unpaired) electrons. The van der Waals surface area contributed by atoms with Gasteiger partial charge in [0.05, 0.1) is 32.9 Å². The van der Waals surface area contributed by atoms with Gasteiger partial charge < -0.3 is 30.7 Å². The average molecular weight is 620 g/mol. The van der Waals surface area contributed by atoms with E-state index in [0.29, 0.717) is 30.9 Å². The fraction of sp³-hybridized carbons (Fsp3) is 0.300. The van der Waals surface area contributed by atoms with Gasteiger partial charge in [0, 0.05) is 69.9 Å². The Morgan fingerprint density at radius 3 is 2.52 bits per heavy atom. The summed E-state index contributed by atoms with van der Waals surface area (Å²) in [6.07, 6.45) is 3.42. The van der Waals surface area contributed by atoms with Gasteiger partial charge in [-0.3, -0.25) is 24.5 Å². The van der Waals surface area contributed by atoms with Gasteiger partial charge in [-0.05, 0) is 29.8 Å². The highest BCUT2D eigenvalue weighted by Crippen LogP contribution is 2.39. The van der Waals surface area contributed by atoms with Gasteiger partial charge in [-0.25, -0.2) is 9.18 Å². The maximum Gasteiger partial charge on any atom is 0.319 e. The number of anilines is 1. The van der Waals surface area contributed by atoms with E-state index in [1.54, 1.807) is 23.2 Å². The van der Waals surface area contributed by atoms with Crippen LogP contribution in [0.1, 0.15) is 12.5 Å². The lowest BCUT2D eigenvalue weighted by Gasteiger charge is -2.39. The second-order valence-electron chi connectivity index (χ2n) is 10.8. The number of likely N-dealkylation sites (tertiary alicyclic amines) is 2.